The summed E-state index contributed by atoms with van der Waals surface area (Å²) in [5, 5.41) is 5.26. The minimum atomic E-state index is -0.364. The van der Waals surface area contributed by atoms with Crippen molar-refractivity contribution in [3.05, 3.63) is 84.2 Å². The van der Waals surface area contributed by atoms with Gasteiger partial charge in [-0.2, -0.15) is 15.0 Å². The van der Waals surface area contributed by atoms with Crippen LogP contribution in [-0.2, 0) is 22.6 Å². The Kier molecular flexibility index (Phi) is 5.29. The molecule has 0 spiro atoms. The maximum absolute atomic E-state index is 12.2. The summed E-state index contributed by atoms with van der Waals surface area (Å²) in [7, 11) is 0. The third-order valence-electron chi connectivity index (χ3n) is 4.25. The molecule has 0 aliphatic carbocycles. The Bertz CT molecular complexity index is 1150. The molecule has 0 amide bonds. The highest BCUT2D eigenvalue weighted by molar-refractivity contribution is 5.84. The summed E-state index contributed by atoms with van der Waals surface area (Å²) in [4.78, 5) is 24.6. The highest BCUT2D eigenvalue weighted by Gasteiger charge is 2.10. The van der Waals surface area contributed by atoms with Crippen LogP contribution < -0.4 is 11.1 Å². The molecular weight excluding hydrogens is 366 g/mol. The van der Waals surface area contributed by atoms with E-state index in [0.717, 1.165) is 22.0 Å². The first-order valence-electron chi connectivity index (χ1n) is 9.11. The van der Waals surface area contributed by atoms with Crippen molar-refractivity contribution < 1.29 is 9.53 Å². The molecule has 3 aromatic carbocycles. The zero-order valence-electron chi connectivity index (χ0n) is 15.6. The number of benzene rings is 3. The predicted molar refractivity (Wildman–Crippen MR) is 111 cm³/mol. The van der Waals surface area contributed by atoms with Gasteiger partial charge in [0.2, 0.25) is 11.9 Å². The SMILES string of the molecule is Nc1nc(COC(=O)Cc2ccc3ccccc3c2)nc(Nc2ccccc2)n1. The maximum atomic E-state index is 12.2. The summed E-state index contributed by atoms with van der Waals surface area (Å²) >= 11 is 0. The van der Waals surface area contributed by atoms with Crippen LogP contribution in [0.25, 0.3) is 10.8 Å². The van der Waals surface area contributed by atoms with Crippen LogP contribution in [0.5, 0.6) is 0 Å². The Balaban J connectivity index is 1.39. The van der Waals surface area contributed by atoms with Gasteiger partial charge >= 0.3 is 5.97 Å². The lowest BCUT2D eigenvalue weighted by molar-refractivity contribution is -0.144. The zero-order valence-corrected chi connectivity index (χ0v) is 15.6. The number of esters is 1. The molecule has 4 rings (SSSR count). The Morgan fingerprint density at radius 1 is 0.897 bits per heavy atom. The standard InChI is InChI=1S/C22H19N5O2/c23-21-25-19(26-22(27-21)24-18-8-2-1-3-9-18)14-29-20(28)13-15-10-11-16-6-4-5-7-17(16)12-15/h1-12H,13-14H2,(H3,23,24,25,26,27). The number of aromatic nitrogens is 3. The number of nitrogens with zero attached hydrogens (tertiary/aromatic N) is 3. The van der Waals surface area contributed by atoms with Crippen molar-refractivity contribution in [1.82, 2.24) is 15.0 Å². The topological polar surface area (TPSA) is 103 Å². The number of anilines is 3. The van der Waals surface area contributed by atoms with E-state index >= 15 is 0 Å². The van der Waals surface area contributed by atoms with Crippen molar-refractivity contribution in [1.29, 1.82) is 0 Å². The lowest BCUT2D eigenvalue weighted by Crippen LogP contribution is -2.12. The summed E-state index contributed by atoms with van der Waals surface area (Å²) in [6.07, 6.45) is 0.167. The van der Waals surface area contributed by atoms with Crippen LogP contribution in [0.4, 0.5) is 17.6 Å². The monoisotopic (exact) mass is 385 g/mol. The van der Waals surface area contributed by atoms with E-state index in [1.165, 1.54) is 0 Å². The molecule has 0 fully saturated rings. The number of hydrogen-bond donors (Lipinski definition) is 2. The molecule has 4 aromatic rings. The van der Waals surface area contributed by atoms with Gasteiger partial charge in [-0.3, -0.25) is 4.79 Å². The number of hydrogen-bond acceptors (Lipinski definition) is 7. The summed E-state index contributed by atoms with van der Waals surface area (Å²) in [5.41, 5.74) is 7.45. The molecule has 7 nitrogen and oxygen atoms in total. The fourth-order valence-electron chi connectivity index (χ4n) is 2.92. The number of carbonyl (C=O) groups is 1. The van der Waals surface area contributed by atoms with E-state index in [1.807, 2.05) is 72.8 Å². The van der Waals surface area contributed by atoms with Gasteiger partial charge in [0.05, 0.1) is 6.42 Å². The molecule has 0 saturated heterocycles. The Morgan fingerprint density at radius 3 is 2.48 bits per heavy atom. The Labute approximate surface area is 167 Å². The predicted octanol–water partition coefficient (Wildman–Crippen LogP) is 3.64. The Morgan fingerprint density at radius 2 is 1.66 bits per heavy atom. The molecule has 29 heavy (non-hydrogen) atoms. The van der Waals surface area contributed by atoms with Crippen LogP contribution in [0.15, 0.2) is 72.8 Å². The highest BCUT2D eigenvalue weighted by atomic mass is 16.5. The lowest BCUT2D eigenvalue weighted by atomic mass is 10.1. The minimum absolute atomic E-state index is 0.0546. The first-order chi connectivity index (χ1) is 14.2. The second-order valence-corrected chi connectivity index (χ2v) is 6.44. The van der Waals surface area contributed by atoms with Gasteiger partial charge in [0.25, 0.3) is 0 Å². The fourth-order valence-corrected chi connectivity index (χ4v) is 2.92. The number of carbonyl (C=O) groups excluding carboxylic acids is 1. The number of para-hydroxylation sites is 1. The first-order valence-corrected chi connectivity index (χ1v) is 9.11. The van der Waals surface area contributed by atoms with Crippen LogP contribution >= 0.6 is 0 Å². The summed E-state index contributed by atoms with van der Waals surface area (Å²) in [6.45, 7) is -0.0807. The average Bonchev–Trinajstić information content (AvgIpc) is 2.72. The van der Waals surface area contributed by atoms with Crippen LogP contribution in [0.2, 0.25) is 0 Å². The molecule has 0 aliphatic heterocycles. The molecule has 7 heteroatoms. The molecule has 0 saturated carbocycles. The van der Waals surface area contributed by atoms with Crippen molar-refractivity contribution >= 4 is 34.3 Å². The van der Waals surface area contributed by atoms with Crippen LogP contribution in [0, 0.1) is 0 Å². The third-order valence-corrected chi connectivity index (χ3v) is 4.25. The minimum Gasteiger partial charge on any atom is -0.457 e. The van der Waals surface area contributed by atoms with Crippen molar-refractivity contribution in [3.8, 4) is 0 Å². The summed E-state index contributed by atoms with van der Waals surface area (Å²) in [5.74, 6) is 0.267. The van der Waals surface area contributed by atoms with Gasteiger partial charge in [-0.05, 0) is 28.5 Å². The van der Waals surface area contributed by atoms with Gasteiger partial charge in [0, 0.05) is 5.69 Å². The van der Waals surface area contributed by atoms with E-state index in [0.29, 0.717) is 5.95 Å². The second-order valence-electron chi connectivity index (χ2n) is 6.44. The normalized spacial score (nSPS) is 10.6. The molecule has 0 atom stereocenters. The van der Waals surface area contributed by atoms with E-state index in [9.17, 15) is 4.79 Å². The zero-order chi connectivity index (χ0) is 20.1. The lowest BCUT2D eigenvalue weighted by Gasteiger charge is -2.08. The molecule has 0 unspecified atom stereocenters. The van der Waals surface area contributed by atoms with Gasteiger partial charge in [-0.25, -0.2) is 0 Å². The van der Waals surface area contributed by atoms with E-state index in [2.05, 4.69) is 20.3 Å². The molecule has 0 radical (unpaired) electrons. The molecule has 144 valence electrons. The van der Waals surface area contributed by atoms with Crippen molar-refractivity contribution in [2.24, 2.45) is 0 Å². The third kappa shape index (κ3) is 4.84. The number of ether oxygens (including phenoxy) is 1. The highest BCUT2D eigenvalue weighted by Crippen LogP contribution is 2.17. The average molecular weight is 385 g/mol. The fraction of sp³-hybridized carbons (Fsp3) is 0.0909. The van der Waals surface area contributed by atoms with Crippen LogP contribution in [0.3, 0.4) is 0 Å². The quantitative estimate of drug-likeness (QED) is 0.488. The van der Waals surface area contributed by atoms with Crippen molar-refractivity contribution in [3.63, 3.8) is 0 Å². The smallest absolute Gasteiger partial charge is 0.310 e. The Hall–Kier alpha value is -4.00. The number of rotatable bonds is 6. The van der Waals surface area contributed by atoms with E-state index in [-0.39, 0.29) is 30.8 Å². The first kappa shape index (κ1) is 18.4. The number of nitrogens with one attached hydrogen (secondary N) is 1. The number of nitrogen functional groups attached to an aromatic ring is 1. The largest absolute Gasteiger partial charge is 0.457 e. The van der Waals surface area contributed by atoms with Gasteiger partial charge < -0.3 is 15.8 Å². The van der Waals surface area contributed by atoms with Gasteiger partial charge in [0.1, 0.15) is 0 Å². The summed E-state index contributed by atoms with van der Waals surface area (Å²) in [6, 6.07) is 23.3. The maximum Gasteiger partial charge on any atom is 0.310 e. The van der Waals surface area contributed by atoms with E-state index in [1.54, 1.807) is 0 Å². The van der Waals surface area contributed by atoms with Gasteiger partial charge in [-0.1, -0.05) is 60.7 Å². The van der Waals surface area contributed by atoms with Crippen LogP contribution in [0.1, 0.15) is 11.4 Å². The number of nitrogens with two attached hydrogens (primary N) is 1. The van der Waals surface area contributed by atoms with E-state index < -0.39 is 0 Å². The molecule has 1 aromatic heterocycles. The number of fused-ring (bicyclic) bond motifs is 1. The van der Waals surface area contributed by atoms with Crippen molar-refractivity contribution in [2.45, 2.75) is 13.0 Å². The van der Waals surface area contributed by atoms with Crippen molar-refractivity contribution in [2.75, 3.05) is 11.1 Å². The van der Waals surface area contributed by atoms with Crippen LogP contribution in [-0.4, -0.2) is 20.9 Å². The summed E-state index contributed by atoms with van der Waals surface area (Å²) < 4.78 is 5.33. The molecular formula is C22H19N5O2. The second kappa shape index (κ2) is 8.35. The van der Waals surface area contributed by atoms with Gasteiger partial charge in [-0.15, -0.1) is 0 Å². The van der Waals surface area contributed by atoms with Gasteiger partial charge in [0.15, 0.2) is 12.4 Å². The molecule has 3 N–H and O–H groups in total. The molecule has 0 aliphatic rings. The molecule has 0 bridgehead atoms. The molecule has 1 heterocycles. The van der Waals surface area contributed by atoms with E-state index in [4.69, 9.17) is 10.5 Å².